The number of nitrogens with zero attached hydrogens (tertiary/aromatic N) is 1. The standard InChI is InChI=1S/C26H36N2O2/c1-19(2)28-15-12-21-18-23(29)8-11-25(21)26(28)17-20-6-9-24(10-7-20)30-16-13-22-5-3-4-14-27-22/h6-11,18-19,22,26-27,29H,3-5,12-17H2,1-2H3. The Balaban J connectivity index is 1.39. The Hall–Kier alpha value is -2.04. The highest BCUT2D eigenvalue weighted by molar-refractivity contribution is 5.40. The first-order valence-electron chi connectivity index (χ1n) is 11.6. The summed E-state index contributed by atoms with van der Waals surface area (Å²) in [5.74, 6) is 1.33. The molecule has 2 aromatic rings. The molecule has 4 heteroatoms. The average Bonchev–Trinajstić information content (AvgIpc) is 2.75. The zero-order valence-electron chi connectivity index (χ0n) is 18.4. The molecule has 2 aromatic carbocycles. The lowest BCUT2D eigenvalue weighted by Gasteiger charge is -2.40. The van der Waals surface area contributed by atoms with Crippen LogP contribution in [0.25, 0.3) is 0 Å². The maximum atomic E-state index is 9.89. The number of phenols is 1. The Kier molecular flexibility index (Phi) is 6.96. The fourth-order valence-electron chi connectivity index (χ4n) is 5.00. The predicted molar refractivity (Wildman–Crippen MR) is 122 cm³/mol. The summed E-state index contributed by atoms with van der Waals surface area (Å²) in [5.41, 5.74) is 3.97. The van der Waals surface area contributed by atoms with E-state index in [4.69, 9.17) is 4.74 Å². The van der Waals surface area contributed by atoms with E-state index in [-0.39, 0.29) is 0 Å². The topological polar surface area (TPSA) is 44.7 Å². The van der Waals surface area contributed by atoms with Gasteiger partial charge >= 0.3 is 0 Å². The minimum atomic E-state index is 0.346. The number of aromatic hydroxyl groups is 1. The van der Waals surface area contributed by atoms with E-state index in [2.05, 4.69) is 54.4 Å². The molecule has 0 amide bonds. The third-order valence-corrected chi connectivity index (χ3v) is 6.69. The Labute approximate surface area is 181 Å². The van der Waals surface area contributed by atoms with Crippen molar-refractivity contribution in [2.75, 3.05) is 19.7 Å². The summed E-state index contributed by atoms with van der Waals surface area (Å²) in [6.45, 7) is 7.51. The minimum Gasteiger partial charge on any atom is -0.508 e. The van der Waals surface area contributed by atoms with Crippen LogP contribution in [0.4, 0.5) is 0 Å². The number of benzene rings is 2. The molecule has 1 saturated heterocycles. The average molecular weight is 409 g/mol. The first kappa shape index (κ1) is 21.2. The summed E-state index contributed by atoms with van der Waals surface area (Å²) in [6.07, 6.45) is 6.97. The van der Waals surface area contributed by atoms with Crippen LogP contribution >= 0.6 is 0 Å². The molecule has 2 aliphatic heterocycles. The zero-order valence-corrected chi connectivity index (χ0v) is 18.4. The van der Waals surface area contributed by atoms with E-state index in [1.54, 1.807) is 0 Å². The smallest absolute Gasteiger partial charge is 0.119 e. The lowest BCUT2D eigenvalue weighted by atomic mass is 9.87. The SMILES string of the molecule is CC(C)N1CCc2cc(O)ccc2C1Cc1ccc(OCCC2CCCCN2)cc1. The van der Waals surface area contributed by atoms with Crippen molar-refractivity contribution in [3.63, 3.8) is 0 Å². The van der Waals surface area contributed by atoms with Gasteiger partial charge in [-0.15, -0.1) is 0 Å². The quantitative estimate of drug-likeness (QED) is 0.687. The van der Waals surface area contributed by atoms with E-state index in [1.807, 2.05) is 12.1 Å². The Morgan fingerprint density at radius 1 is 1.13 bits per heavy atom. The fourth-order valence-corrected chi connectivity index (χ4v) is 5.00. The number of phenolic OH excluding ortho intramolecular Hbond substituents is 1. The van der Waals surface area contributed by atoms with Gasteiger partial charge in [-0.05, 0) is 93.5 Å². The molecular formula is C26H36N2O2. The van der Waals surface area contributed by atoms with Crippen LogP contribution in [0.15, 0.2) is 42.5 Å². The lowest BCUT2D eigenvalue weighted by molar-refractivity contribution is 0.141. The van der Waals surface area contributed by atoms with Crippen LogP contribution in [0.5, 0.6) is 11.5 Å². The number of hydrogen-bond donors (Lipinski definition) is 2. The summed E-state index contributed by atoms with van der Waals surface area (Å²) in [5, 5.41) is 13.5. The van der Waals surface area contributed by atoms with Crippen LogP contribution in [-0.4, -0.2) is 41.8 Å². The summed E-state index contributed by atoms with van der Waals surface area (Å²) in [6, 6.07) is 16.0. The first-order valence-corrected chi connectivity index (χ1v) is 11.6. The molecule has 0 radical (unpaired) electrons. The number of fused-ring (bicyclic) bond motifs is 1. The molecule has 0 aliphatic carbocycles. The molecule has 2 aliphatic rings. The van der Waals surface area contributed by atoms with Crippen molar-refractivity contribution in [3.05, 3.63) is 59.2 Å². The fraction of sp³-hybridized carbons (Fsp3) is 0.538. The number of nitrogens with one attached hydrogen (secondary N) is 1. The van der Waals surface area contributed by atoms with Crippen LogP contribution in [-0.2, 0) is 12.8 Å². The highest BCUT2D eigenvalue weighted by Crippen LogP contribution is 2.35. The molecule has 2 heterocycles. The molecule has 1 fully saturated rings. The van der Waals surface area contributed by atoms with Crippen molar-refractivity contribution in [1.82, 2.24) is 10.2 Å². The van der Waals surface area contributed by atoms with E-state index in [0.29, 0.717) is 23.9 Å². The van der Waals surface area contributed by atoms with Gasteiger partial charge in [-0.3, -0.25) is 4.90 Å². The van der Waals surface area contributed by atoms with Crippen molar-refractivity contribution in [3.8, 4) is 11.5 Å². The first-order chi connectivity index (χ1) is 14.6. The molecule has 0 bridgehead atoms. The van der Waals surface area contributed by atoms with Gasteiger partial charge in [-0.25, -0.2) is 0 Å². The van der Waals surface area contributed by atoms with E-state index >= 15 is 0 Å². The Morgan fingerprint density at radius 3 is 2.70 bits per heavy atom. The molecule has 30 heavy (non-hydrogen) atoms. The van der Waals surface area contributed by atoms with Crippen LogP contribution in [0.2, 0.25) is 0 Å². The van der Waals surface area contributed by atoms with Crippen LogP contribution < -0.4 is 10.1 Å². The molecule has 162 valence electrons. The third kappa shape index (κ3) is 5.16. The van der Waals surface area contributed by atoms with Crippen LogP contribution in [0, 0.1) is 0 Å². The Morgan fingerprint density at radius 2 is 1.97 bits per heavy atom. The van der Waals surface area contributed by atoms with Gasteiger partial charge in [0, 0.05) is 24.7 Å². The largest absolute Gasteiger partial charge is 0.508 e. The van der Waals surface area contributed by atoms with Crippen molar-refractivity contribution in [2.24, 2.45) is 0 Å². The zero-order chi connectivity index (χ0) is 20.9. The molecule has 0 aromatic heterocycles. The van der Waals surface area contributed by atoms with Crippen LogP contribution in [0.1, 0.15) is 62.3 Å². The number of piperidine rings is 1. The van der Waals surface area contributed by atoms with Crippen molar-refractivity contribution >= 4 is 0 Å². The molecule has 0 saturated carbocycles. The van der Waals surface area contributed by atoms with Gasteiger partial charge in [-0.2, -0.15) is 0 Å². The van der Waals surface area contributed by atoms with E-state index in [0.717, 1.165) is 44.7 Å². The van der Waals surface area contributed by atoms with Gasteiger partial charge in [0.2, 0.25) is 0 Å². The summed E-state index contributed by atoms with van der Waals surface area (Å²) >= 11 is 0. The summed E-state index contributed by atoms with van der Waals surface area (Å²) in [4.78, 5) is 2.58. The normalized spacial score (nSPS) is 22.1. The van der Waals surface area contributed by atoms with Gasteiger partial charge < -0.3 is 15.2 Å². The number of rotatable bonds is 7. The second-order valence-electron chi connectivity index (χ2n) is 9.11. The maximum absolute atomic E-state index is 9.89. The van der Waals surface area contributed by atoms with Gasteiger partial charge in [-0.1, -0.05) is 24.6 Å². The Bertz CT molecular complexity index is 812. The third-order valence-electron chi connectivity index (χ3n) is 6.69. The molecule has 4 nitrogen and oxygen atoms in total. The summed E-state index contributed by atoms with van der Waals surface area (Å²) < 4.78 is 6.00. The summed E-state index contributed by atoms with van der Waals surface area (Å²) in [7, 11) is 0. The van der Waals surface area contributed by atoms with Crippen LogP contribution in [0.3, 0.4) is 0 Å². The molecule has 4 rings (SSSR count). The highest BCUT2D eigenvalue weighted by Gasteiger charge is 2.29. The lowest BCUT2D eigenvalue weighted by Crippen LogP contribution is -2.41. The molecule has 2 unspecified atom stereocenters. The predicted octanol–water partition coefficient (Wildman–Crippen LogP) is 4.85. The molecular weight excluding hydrogens is 372 g/mol. The van der Waals surface area contributed by atoms with E-state index in [9.17, 15) is 5.11 Å². The van der Waals surface area contributed by atoms with Gasteiger partial charge in [0.05, 0.1) is 6.61 Å². The number of hydrogen-bond acceptors (Lipinski definition) is 4. The van der Waals surface area contributed by atoms with E-state index in [1.165, 1.54) is 36.0 Å². The van der Waals surface area contributed by atoms with Gasteiger partial charge in [0.25, 0.3) is 0 Å². The minimum absolute atomic E-state index is 0.346. The molecule has 2 N–H and O–H groups in total. The highest BCUT2D eigenvalue weighted by atomic mass is 16.5. The second-order valence-corrected chi connectivity index (χ2v) is 9.11. The van der Waals surface area contributed by atoms with E-state index < -0.39 is 0 Å². The monoisotopic (exact) mass is 408 g/mol. The molecule has 0 spiro atoms. The number of ether oxygens (including phenoxy) is 1. The maximum Gasteiger partial charge on any atom is 0.119 e. The second kappa shape index (κ2) is 9.84. The van der Waals surface area contributed by atoms with Crippen molar-refractivity contribution in [2.45, 2.75) is 70.5 Å². The van der Waals surface area contributed by atoms with Gasteiger partial charge in [0.1, 0.15) is 11.5 Å². The molecule has 2 atom stereocenters. The van der Waals surface area contributed by atoms with Gasteiger partial charge in [0.15, 0.2) is 0 Å². The van der Waals surface area contributed by atoms with Crippen molar-refractivity contribution in [1.29, 1.82) is 0 Å². The van der Waals surface area contributed by atoms with Crippen molar-refractivity contribution < 1.29 is 9.84 Å².